The van der Waals surface area contributed by atoms with Gasteiger partial charge in [-0.05, 0) is 61.7 Å². The Labute approximate surface area is 159 Å². The van der Waals surface area contributed by atoms with E-state index in [9.17, 15) is 9.18 Å². The third kappa shape index (κ3) is 5.05. The van der Waals surface area contributed by atoms with Crippen LogP contribution >= 0.6 is 11.6 Å². The molecule has 1 N–H and O–H groups in total. The summed E-state index contributed by atoms with van der Waals surface area (Å²) >= 11 is 5.94. The average molecular weight is 375 g/mol. The Balaban J connectivity index is 1.55. The van der Waals surface area contributed by atoms with Crippen molar-refractivity contribution in [2.24, 2.45) is 5.92 Å². The fraction of sp³-hybridized carbons (Fsp3) is 0.381. The van der Waals surface area contributed by atoms with Gasteiger partial charge in [-0.2, -0.15) is 0 Å². The van der Waals surface area contributed by atoms with Crippen LogP contribution in [0.2, 0.25) is 5.02 Å². The minimum atomic E-state index is -0.266. The van der Waals surface area contributed by atoms with Crippen molar-refractivity contribution < 1.29 is 9.18 Å². The lowest BCUT2D eigenvalue weighted by Gasteiger charge is -2.32. The smallest absolute Gasteiger partial charge is 0.224 e. The first-order chi connectivity index (χ1) is 12.5. The van der Waals surface area contributed by atoms with Gasteiger partial charge < -0.3 is 5.32 Å². The minimum absolute atomic E-state index is 0.0149. The Hall–Kier alpha value is -1.91. The molecule has 0 radical (unpaired) electrons. The highest BCUT2D eigenvalue weighted by Gasteiger charge is 2.26. The minimum Gasteiger partial charge on any atom is -0.349 e. The van der Waals surface area contributed by atoms with Crippen molar-refractivity contribution in [1.29, 1.82) is 0 Å². The van der Waals surface area contributed by atoms with Gasteiger partial charge in [0.05, 0.1) is 12.0 Å². The molecule has 1 aliphatic heterocycles. The van der Waals surface area contributed by atoms with Gasteiger partial charge in [0.25, 0.3) is 0 Å². The number of hydrogen-bond donors (Lipinski definition) is 1. The predicted octanol–water partition coefficient (Wildman–Crippen LogP) is 4.57. The van der Waals surface area contributed by atoms with E-state index in [-0.39, 0.29) is 23.7 Å². The number of nitrogens with zero attached hydrogens (tertiary/aromatic N) is 1. The van der Waals surface area contributed by atoms with Crippen molar-refractivity contribution in [3.8, 4) is 0 Å². The van der Waals surface area contributed by atoms with E-state index >= 15 is 0 Å². The topological polar surface area (TPSA) is 32.3 Å². The normalized spacial score (nSPS) is 19.1. The summed E-state index contributed by atoms with van der Waals surface area (Å²) < 4.78 is 13.0. The SMILES string of the molecule is CC(NC(=O)C1CCCN(Cc2ccc(Cl)cc2)C1)c1ccc(F)cc1. The predicted molar refractivity (Wildman–Crippen MR) is 102 cm³/mol. The number of carbonyl (C=O) groups is 1. The van der Waals surface area contributed by atoms with Crippen LogP contribution in [0.15, 0.2) is 48.5 Å². The lowest BCUT2D eigenvalue weighted by Crippen LogP contribution is -2.43. The standard InChI is InChI=1S/C21H24ClFN2O/c1-15(17-6-10-20(23)11-7-17)24-21(26)18-3-2-12-25(14-18)13-16-4-8-19(22)9-5-16/h4-11,15,18H,2-3,12-14H2,1H3,(H,24,26). The van der Waals surface area contributed by atoms with Gasteiger partial charge >= 0.3 is 0 Å². The summed E-state index contributed by atoms with van der Waals surface area (Å²) in [5.74, 6) is -0.209. The lowest BCUT2D eigenvalue weighted by atomic mass is 9.96. The van der Waals surface area contributed by atoms with Crippen LogP contribution in [0.4, 0.5) is 4.39 Å². The lowest BCUT2D eigenvalue weighted by molar-refractivity contribution is -0.127. The molecular formula is C21H24ClFN2O. The highest BCUT2D eigenvalue weighted by Crippen LogP contribution is 2.21. The number of benzene rings is 2. The molecule has 0 aromatic heterocycles. The number of halogens is 2. The molecule has 138 valence electrons. The average Bonchev–Trinajstić information content (AvgIpc) is 2.64. The molecule has 1 amide bonds. The summed E-state index contributed by atoms with van der Waals surface area (Å²) in [6, 6.07) is 14.0. The molecule has 2 atom stereocenters. The molecule has 5 heteroatoms. The van der Waals surface area contributed by atoms with Crippen LogP contribution in [0.5, 0.6) is 0 Å². The largest absolute Gasteiger partial charge is 0.349 e. The van der Waals surface area contributed by atoms with E-state index in [0.717, 1.165) is 43.1 Å². The first-order valence-corrected chi connectivity index (χ1v) is 9.41. The van der Waals surface area contributed by atoms with Gasteiger partial charge in [0, 0.05) is 18.1 Å². The van der Waals surface area contributed by atoms with E-state index in [2.05, 4.69) is 10.2 Å². The van der Waals surface area contributed by atoms with Crippen LogP contribution in [-0.2, 0) is 11.3 Å². The maximum absolute atomic E-state index is 13.0. The summed E-state index contributed by atoms with van der Waals surface area (Å²) in [6.45, 7) is 4.51. The third-order valence-electron chi connectivity index (χ3n) is 4.92. The first-order valence-electron chi connectivity index (χ1n) is 9.04. The van der Waals surface area contributed by atoms with Gasteiger partial charge in [-0.25, -0.2) is 4.39 Å². The van der Waals surface area contributed by atoms with E-state index in [1.54, 1.807) is 12.1 Å². The van der Waals surface area contributed by atoms with Gasteiger partial charge in [-0.1, -0.05) is 35.9 Å². The molecule has 1 aliphatic rings. The fourth-order valence-corrected chi connectivity index (χ4v) is 3.55. The van der Waals surface area contributed by atoms with E-state index in [1.165, 1.54) is 17.7 Å². The summed E-state index contributed by atoms with van der Waals surface area (Å²) in [4.78, 5) is 15.0. The van der Waals surface area contributed by atoms with E-state index in [0.29, 0.717) is 0 Å². The first kappa shape index (κ1) is 18.9. The van der Waals surface area contributed by atoms with Crippen molar-refractivity contribution in [3.63, 3.8) is 0 Å². The highest BCUT2D eigenvalue weighted by atomic mass is 35.5. The molecule has 0 bridgehead atoms. The summed E-state index contributed by atoms with van der Waals surface area (Å²) in [5.41, 5.74) is 2.11. The van der Waals surface area contributed by atoms with Gasteiger partial charge in [0.2, 0.25) is 5.91 Å². The van der Waals surface area contributed by atoms with Crippen LogP contribution < -0.4 is 5.32 Å². The van der Waals surface area contributed by atoms with Crippen molar-refractivity contribution in [2.75, 3.05) is 13.1 Å². The Kier molecular flexibility index (Phi) is 6.28. The highest BCUT2D eigenvalue weighted by molar-refractivity contribution is 6.30. The van der Waals surface area contributed by atoms with Crippen LogP contribution in [0.25, 0.3) is 0 Å². The molecule has 26 heavy (non-hydrogen) atoms. The Morgan fingerprint density at radius 1 is 1.23 bits per heavy atom. The molecule has 3 rings (SSSR count). The second kappa shape index (κ2) is 8.65. The molecule has 3 nitrogen and oxygen atoms in total. The van der Waals surface area contributed by atoms with Crippen molar-refractivity contribution in [1.82, 2.24) is 10.2 Å². The molecule has 1 heterocycles. The van der Waals surface area contributed by atoms with Crippen LogP contribution in [-0.4, -0.2) is 23.9 Å². The summed E-state index contributed by atoms with van der Waals surface area (Å²) in [5, 5.41) is 3.81. The zero-order chi connectivity index (χ0) is 18.5. The number of likely N-dealkylation sites (tertiary alicyclic amines) is 1. The molecular weight excluding hydrogens is 351 g/mol. The number of piperidine rings is 1. The van der Waals surface area contributed by atoms with Crippen LogP contribution in [0.1, 0.15) is 36.9 Å². The molecule has 0 saturated carbocycles. The third-order valence-corrected chi connectivity index (χ3v) is 5.18. The molecule has 0 spiro atoms. The van der Waals surface area contributed by atoms with Crippen molar-refractivity contribution in [2.45, 2.75) is 32.4 Å². The van der Waals surface area contributed by atoms with Gasteiger partial charge in [-0.3, -0.25) is 9.69 Å². The zero-order valence-electron chi connectivity index (χ0n) is 14.9. The number of carbonyl (C=O) groups excluding carboxylic acids is 1. The van der Waals surface area contributed by atoms with E-state index < -0.39 is 0 Å². The molecule has 0 aliphatic carbocycles. The zero-order valence-corrected chi connectivity index (χ0v) is 15.7. The summed E-state index contributed by atoms with van der Waals surface area (Å²) in [7, 11) is 0. The van der Waals surface area contributed by atoms with Crippen LogP contribution in [0.3, 0.4) is 0 Å². The van der Waals surface area contributed by atoms with Crippen molar-refractivity contribution >= 4 is 17.5 Å². The van der Waals surface area contributed by atoms with E-state index in [4.69, 9.17) is 11.6 Å². The second-order valence-electron chi connectivity index (χ2n) is 6.98. The maximum Gasteiger partial charge on any atom is 0.224 e. The Bertz CT molecular complexity index is 733. The molecule has 2 aromatic carbocycles. The quantitative estimate of drug-likeness (QED) is 0.831. The van der Waals surface area contributed by atoms with Gasteiger partial charge in [-0.15, -0.1) is 0 Å². The van der Waals surface area contributed by atoms with E-state index in [1.807, 2.05) is 31.2 Å². The number of rotatable bonds is 5. The Morgan fingerprint density at radius 2 is 1.92 bits per heavy atom. The molecule has 1 saturated heterocycles. The summed E-state index contributed by atoms with van der Waals surface area (Å²) in [6.07, 6.45) is 1.91. The Morgan fingerprint density at radius 3 is 2.62 bits per heavy atom. The monoisotopic (exact) mass is 374 g/mol. The number of nitrogens with one attached hydrogen (secondary N) is 1. The van der Waals surface area contributed by atoms with Crippen LogP contribution in [0, 0.1) is 11.7 Å². The fourth-order valence-electron chi connectivity index (χ4n) is 3.43. The molecule has 1 fully saturated rings. The molecule has 2 aromatic rings. The van der Waals surface area contributed by atoms with Gasteiger partial charge in [0.15, 0.2) is 0 Å². The molecule has 2 unspecified atom stereocenters. The number of hydrogen-bond acceptors (Lipinski definition) is 2. The maximum atomic E-state index is 13.0. The second-order valence-corrected chi connectivity index (χ2v) is 7.42. The van der Waals surface area contributed by atoms with Crippen molar-refractivity contribution in [3.05, 3.63) is 70.5 Å². The van der Waals surface area contributed by atoms with Gasteiger partial charge in [0.1, 0.15) is 5.82 Å². The number of amides is 1.